The van der Waals surface area contributed by atoms with E-state index in [9.17, 15) is 5.11 Å². The van der Waals surface area contributed by atoms with E-state index in [1.165, 1.54) is 5.56 Å². The minimum Gasteiger partial charge on any atom is -0.504 e. The average Bonchev–Trinajstić information content (AvgIpc) is 2.37. The summed E-state index contributed by atoms with van der Waals surface area (Å²) in [6.45, 7) is 5.47. The van der Waals surface area contributed by atoms with E-state index in [1.54, 1.807) is 6.07 Å². The van der Waals surface area contributed by atoms with Crippen molar-refractivity contribution in [2.24, 2.45) is 5.73 Å². The number of nitrogens with two attached hydrogens (primary N) is 1. The average molecular weight is 323 g/mol. The molecule has 0 bridgehead atoms. The molecule has 4 nitrogen and oxygen atoms in total. The highest BCUT2D eigenvalue weighted by atomic mass is 35.5. The highest BCUT2D eigenvalue weighted by molar-refractivity contribution is 5.85. The van der Waals surface area contributed by atoms with Crippen LogP contribution in [0.25, 0.3) is 0 Å². The molecule has 1 aromatic carbocycles. The zero-order valence-corrected chi connectivity index (χ0v) is 13.4. The minimum atomic E-state index is 0. The van der Waals surface area contributed by atoms with Crippen LogP contribution in [-0.2, 0) is 6.54 Å². The third-order valence-electron chi connectivity index (χ3n) is 3.36. The molecule has 0 amide bonds. The topological polar surface area (TPSA) is 58.7 Å². The number of ether oxygens (including phenoxy) is 1. The number of likely N-dealkylation sites (tertiary alicyclic amines) is 1. The molecule has 1 aliphatic heterocycles. The fourth-order valence-corrected chi connectivity index (χ4v) is 2.30. The molecule has 2 rings (SSSR count). The molecule has 0 aliphatic carbocycles. The van der Waals surface area contributed by atoms with E-state index in [0.29, 0.717) is 18.4 Å². The molecule has 1 saturated heterocycles. The van der Waals surface area contributed by atoms with Crippen LogP contribution in [0.4, 0.5) is 0 Å². The number of piperidine rings is 1. The third-order valence-corrected chi connectivity index (χ3v) is 3.36. The van der Waals surface area contributed by atoms with Gasteiger partial charge in [0, 0.05) is 12.6 Å². The number of aromatic hydroxyl groups is 1. The monoisotopic (exact) mass is 322 g/mol. The number of halogens is 2. The van der Waals surface area contributed by atoms with Crippen LogP contribution in [-0.4, -0.2) is 35.7 Å². The highest BCUT2D eigenvalue weighted by Crippen LogP contribution is 2.27. The Kier molecular flexibility index (Phi) is 8.98. The standard InChI is InChI=1S/C14H22N2O2.2ClH/c1-2-18-14-9-11(3-4-13(14)17)10-16-7-5-12(15)6-8-16;;/h3-4,9,12,17H,2,5-8,10,15H2,1H3;2*1H. The summed E-state index contributed by atoms with van der Waals surface area (Å²) in [5.41, 5.74) is 7.07. The van der Waals surface area contributed by atoms with Gasteiger partial charge in [-0.15, -0.1) is 24.8 Å². The Morgan fingerprint density at radius 1 is 1.30 bits per heavy atom. The molecule has 1 aliphatic rings. The van der Waals surface area contributed by atoms with E-state index in [-0.39, 0.29) is 30.6 Å². The van der Waals surface area contributed by atoms with Crippen molar-refractivity contribution in [2.75, 3.05) is 19.7 Å². The molecule has 0 radical (unpaired) electrons. The number of benzene rings is 1. The quantitative estimate of drug-likeness (QED) is 0.894. The van der Waals surface area contributed by atoms with Gasteiger partial charge in [-0.25, -0.2) is 0 Å². The van der Waals surface area contributed by atoms with Crippen LogP contribution >= 0.6 is 24.8 Å². The second-order valence-corrected chi connectivity index (χ2v) is 4.85. The molecular weight excluding hydrogens is 299 g/mol. The van der Waals surface area contributed by atoms with Crippen molar-refractivity contribution in [1.82, 2.24) is 4.90 Å². The van der Waals surface area contributed by atoms with Crippen LogP contribution in [0.1, 0.15) is 25.3 Å². The SMILES string of the molecule is CCOc1cc(CN2CCC(N)CC2)ccc1O.Cl.Cl. The molecular formula is C14H24Cl2N2O2. The largest absolute Gasteiger partial charge is 0.504 e. The Morgan fingerprint density at radius 2 is 1.95 bits per heavy atom. The van der Waals surface area contributed by atoms with Gasteiger partial charge in [-0.05, 0) is 50.6 Å². The predicted octanol–water partition coefficient (Wildman–Crippen LogP) is 2.56. The Hall–Kier alpha value is -0.680. The van der Waals surface area contributed by atoms with Crippen LogP contribution in [0.5, 0.6) is 11.5 Å². The molecule has 3 N–H and O–H groups in total. The fraction of sp³-hybridized carbons (Fsp3) is 0.571. The van der Waals surface area contributed by atoms with Crippen LogP contribution < -0.4 is 10.5 Å². The Balaban J connectivity index is 0.00000180. The van der Waals surface area contributed by atoms with Gasteiger partial charge in [-0.2, -0.15) is 0 Å². The van der Waals surface area contributed by atoms with Crippen molar-refractivity contribution < 1.29 is 9.84 Å². The molecule has 0 unspecified atom stereocenters. The van der Waals surface area contributed by atoms with E-state index in [4.69, 9.17) is 10.5 Å². The summed E-state index contributed by atoms with van der Waals surface area (Å²) in [5, 5.41) is 9.65. The first-order valence-corrected chi connectivity index (χ1v) is 6.61. The lowest BCUT2D eigenvalue weighted by molar-refractivity contribution is 0.205. The van der Waals surface area contributed by atoms with Crippen LogP contribution in [0.2, 0.25) is 0 Å². The van der Waals surface area contributed by atoms with Gasteiger partial charge >= 0.3 is 0 Å². The molecule has 116 valence electrons. The number of nitrogens with zero attached hydrogens (tertiary/aromatic N) is 1. The number of hydrogen-bond acceptors (Lipinski definition) is 4. The third kappa shape index (κ3) is 5.37. The Labute approximate surface area is 133 Å². The first-order valence-electron chi connectivity index (χ1n) is 6.61. The summed E-state index contributed by atoms with van der Waals surface area (Å²) in [7, 11) is 0. The lowest BCUT2D eigenvalue weighted by Gasteiger charge is -2.30. The second kappa shape index (κ2) is 9.29. The maximum atomic E-state index is 9.65. The predicted molar refractivity (Wildman–Crippen MR) is 86.3 cm³/mol. The van der Waals surface area contributed by atoms with Gasteiger partial charge in [0.05, 0.1) is 6.61 Å². The maximum absolute atomic E-state index is 9.65. The van der Waals surface area contributed by atoms with Gasteiger partial charge in [0.2, 0.25) is 0 Å². The lowest BCUT2D eigenvalue weighted by atomic mass is 10.1. The van der Waals surface area contributed by atoms with Crippen molar-refractivity contribution in [3.8, 4) is 11.5 Å². The zero-order valence-electron chi connectivity index (χ0n) is 11.7. The van der Waals surface area contributed by atoms with Crippen LogP contribution in [0.3, 0.4) is 0 Å². The van der Waals surface area contributed by atoms with Crippen LogP contribution in [0, 0.1) is 0 Å². The molecule has 0 atom stereocenters. The van der Waals surface area contributed by atoms with Crippen molar-refractivity contribution in [1.29, 1.82) is 0 Å². The van der Waals surface area contributed by atoms with E-state index in [2.05, 4.69) is 4.90 Å². The molecule has 0 aromatic heterocycles. The van der Waals surface area contributed by atoms with E-state index in [1.807, 2.05) is 19.1 Å². The molecule has 1 heterocycles. The van der Waals surface area contributed by atoms with Gasteiger partial charge in [0.25, 0.3) is 0 Å². The van der Waals surface area contributed by atoms with E-state index >= 15 is 0 Å². The van der Waals surface area contributed by atoms with Gasteiger partial charge in [0.15, 0.2) is 11.5 Å². The number of phenolic OH excluding ortho intramolecular Hbond substituents is 1. The van der Waals surface area contributed by atoms with E-state index < -0.39 is 0 Å². The second-order valence-electron chi connectivity index (χ2n) is 4.85. The first-order chi connectivity index (χ1) is 8.69. The van der Waals surface area contributed by atoms with Gasteiger partial charge in [0.1, 0.15) is 0 Å². The summed E-state index contributed by atoms with van der Waals surface area (Å²) in [4.78, 5) is 2.39. The van der Waals surface area contributed by atoms with Crippen molar-refractivity contribution in [3.05, 3.63) is 23.8 Å². The molecule has 1 fully saturated rings. The van der Waals surface area contributed by atoms with Gasteiger partial charge in [-0.3, -0.25) is 4.90 Å². The fourth-order valence-electron chi connectivity index (χ4n) is 2.30. The summed E-state index contributed by atoms with van der Waals surface area (Å²) in [6.07, 6.45) is 2.13. The number of rotatable bonds is 4. The summed E-state index contributed by atoms with van der Waals surface area (Å²) in [6, 6.07) is 5.94. The first kappa shape index (κ1) is 19.3. The molecule has 0 saturated carbocycles. The lowest BCUT2D eigenvalue weighted by Crippen LogP contribution is -2.39. The van der Waals surface area contributed by atoms with Gasteiger partial charge in [-0.1, -0.05) is 6.07 Å². The normalized spacial score (nSPS) is 16.1. The summed E-state index contributed by atoms with van der Waals surface area (Å²) < 4.78 is 5.40. The number of phenols is 1. The maximum Gasteiger partial charge on any atom is 0.161 e. The molecule has 6 heteroatoms. The van der Waals surface area contributed by atoms with Gasteiger partial charge < -0.3 is 15.6 Å². The van der Waals surface area contributed by atoms with Crippen LogP contribution in [0.15, 0.2) is 18.2 Å². The highest BCUT2D eigenvalue weighted by Gasteiger charge is 2.16. The Bertz CT molecular complexity index is 397. The van der Waals surface area contributed by atoms with E-state index in [0.717, 1.165) is 32.5 Å². The van der Waals surface area contributed by atoms with Crippen molar-refractivity contribution >= 4 is 24.8 Å². The summed E-state index contributed by atoms with van der Waals surface area (Å²) >= 11 is 0. The minimum absolute atomic E-state index is 0. The molecule has 20 heavy (non-hydrogen) atoms. The van der Waals surface area contributed by atoms with Crippen molar-refractivity contribution in [2.45, 2.75) is 32.4 Å². The Morgan fingerprint density at radius 3 is 2.55 bits per heavy atom. The molecule has 0 spiro atoms. The smallest absolute Gasteiger partial charge is 0.161 e. The number of hydrogen-bond donors (Lipinski definition) is 2. The summed E-state index contributed by atoms with van der Waals surface area (Å²) in [5.74, 6) is 0.782. The van der Waals surface area contributed by atoms with Crippen molar-refractivity contribution in [3.63, 3.8) is 0 Å². The zero-order chi connectivity index (χ0) is 13.0. The molecule has 1 aromatic rings.